The van der Waals surface area contributed by atoms with E-state index in [0.717, 1.165) is 25.0 Å². The van der Waals surface area contributed by atoms with E-state index in [2.05, 4.69) is 6.07 Å². The Morgan fingerprint density at radius 2 is 1.95 bits per heavy atom. The van der Waals surface area contributed by atoms with Gasteiger partial charge in [0, 0.05) is 19.6 Å². The molecule has 1 N–H and O–H groups in total. The largest absolute Gasteiger partial charge is 0.467 e. The van der Waals surface area contributed by atoms with Crippen LogP contribution < -0.4 is 4.74 Å². The van der Waals surface area contributed by atoms with Crippen molar-refractivity contribution in [3.8, 4) is 5.75 Å². The summed E-state index contributed by atoms with van der Waals surface area (Å²) in [5.74, 6) is 1.53. The molecule has 110 valence electrons. The lowest BCUT2D eigenvalue weighted by Crippen LogP contribution is -2.31. The van der Waals surface area contributed by atoms with Crippen molar-refractivity contribution in [3.63, 3.8) is 0 Å². The smallest absolute Gasteiger partial charge is 0.188 e. The van der Waals surface area contributed by atoms with Crippen LogP contribution in [-0.4, -0.2) is 37.8 Å². The Morgan fingerprint density at radius 3 is 2.70 bits per heavy atom. The second-order valence-electron chi connectivity index (χ2n) is 5.66. The van der Waals surface area contributed by atoms with E-state index in [9.17, 15) is 5.11 Å². The Morgan fingerprint density at radius 1 is 1.20 bits per heavy atom. The molecule has 4 nitrogen and oxygen atoms in total. The monoisotopic (exact) mass is 278 g/mol. The minimum atomic E-state index is 0.215. The summed E-state index contributed by atoms with van der Waals surface area (Å²) in [5, 5.41) is 9.62. The number of fused-ring (bicyclic) bond motifs is 2. The highest BCUT2D eigenvalue weighted by Crippen LogP contribution is 2.45. The minimum absolute atomic E-state index is 0.215. The van der Waals surface area contributed by atoms with E-state index in [4.69, 9.17) is 14.2 Å². The Bertz CT molecular complexity index is 448. The van der Waals surface area contributed by atoms with Crippen LogP contribution in [-0.2, 0) is 15.9 Å². The maximum absolute atomic E-state index is 9.62. The highest BCUT2D eigenvalue weighted by Gasteiger charge is 2.48. The Balaban J connectivity index is 1.74. The second-order valence-corrected chi connectivity index (χ2v) is 5.66. The van der Waals surface area contributed by atoms with E-state index in [1.54, 1.807) is 7.11 Å². The molecule has 0 aliphatic carbocycles. The third-order valence-corrected chi connectivity index (χ3v) is 4.56. The number of aliphatic hydroxyl groups excluding tert-OH is 1. The maximum Gasteiger partial charge on any atom is 0.188 e. The molecule has 0 saturated carbocycles. The highest BCUT2D eigenvalue weighted by atomic mass is 16.7. The zero-order valence-corrected chi connectivity index (χ0v) is 11.8. The van der Waals surface area contributed by atoms with Crippen molar-refractivity contribution in [2.24, 2.45) is 11.8 Å². The van der Waals surface area contributed by atoms with Gasteiger partial charge in [-0.25, -0.2) is 0 Å². The van der Waals surface area contributed by atoms with E-state index in [1.165, 1.54) is 5.56 Å². The fourth-order valence-corrected chi connectivity index (χ4v) is 3.60. The molecule has 1 aromatic carbocycles. The lowest BCUT2D eigenvalue weighted by molar-refractivity contribution is 0.0499. The van der Waals surface area contributed by atoms with E-state index in [0.29, 0.717) is 12.0 Å². The summed E-state index contributed by atoms with van der Waals surface area (Å²) in [6.45, 7) is 0.473. The second kappa shape index (κ2) is 6.12. The van der Waals surface area contributed by atoms with Gasteiger partial charge in [-0.3, -0.25) is 0 Å². The van der Waals surface area contributed by atoms with E-state index < -0.39 is 0 Å². The lowest BCUT2D eigenvalue weighted by atomic mass is 9.76. The number of benzene rings is 1. The molecule has 4 unspecified atom stereocenters. The van der Waals surface area contributed by atoms with Crippen LogP contribution in [0, 0.1) is 11.8 Å². The number of hydrogen-bond acceptors (Lipinski definition) is 4. The number of para-hydroxylation sites is 1. The molecule has 3 rings (SSSR count). The predicted molar refractivity (Wildman–Crippen MR) is 74.6 cm³/mol. The van der Waals surface area contributed by atoms with Crippen molar-refractivity contribution in [2.45, 2.75) is 31.5 Å². The number of methoxy groups -OCH3 is 1. The van der Waals surface area contributed by atoms with Gasteiger partial charge in [0.15, 0.2) is 6.79 Å². The van der Waals surface area contributed by atoms with E-state index >= 15 is 0 Å². The SMILES string of the molecule is COCOc1ccccc1CC1C2CCC(O2)C1CO. The fourth-order valence-electron chi connectivity index (χ4n) is 3.60. The van der Waals surface area contributed by atoms with Gasteiger partial charge in [-0.2, -0.15) is 0 Å². The van der Waals surface area contributed by atoms with Gasteiger partial charge in [-0.1, -0.05) is 18.2 Å². The molecular formula is C16H22O4. The summed E-state index contributed by atoms with van der Waals surface area (Å²) < 4.78 is 16.6. The molecule has 2 aliphatic heterocycles. The molecular weight excluding hydrogens is 256 g/mol. The molecule has 20 heavy (non-hydrogen) atoms. The number of rotatable bonds is 6. The van der Waals surface area contributed by atoms with Crippen molar-refractivity contribution >= 4 is 0 Å². The molecule has 0 amide bonds. The first-order chi connectivity index (χ1) is 9.83. The summed E-state index contributed by atoms with van der Waals surface area (Å²) >= 11 is 0. The minimum Gasteiger partial charge on any atom is -0.467 e. The van der Waals surface area contributed by atoms with Gasteiger partial charge in [-0.05, 0) is 36.8 Å². The highest BCUT2D eigenvalue weighted by molar-refractivity contribution is 5.34. The third kappa shape index (κ3) is 2.55. The molecule has 0 aromatic heterocycles. The molecule has 0 radical (unpaired) electrons. The standard InChI is InChI=1S/C16H22O4/c1-18-10-19-14-5-3-2-4-11(14)8-12-13(9-17)16-7-6-15(12)20-16/h2-5,12-13,15-17H,6-10H2,1H3. The van der Waals surface area contributed by atoms with Gasteiger partial charge >= 0.3 is 0 Å². The van der Waals surface area contributed by atoms with Crippen molar-refractivity contribution in [1.82, 2.24) is 0 Å². The normalized spacial score (nSPS) is 31.7. The predicted octanol–water partition coefficient (Wildman–Crippen LogP) is 2.00. The summed E-state index contributed by atoms with van der Waals surface area (Å²) in [5.41, 5.74) is 1.17. The van der Waals surface area contributed by atoms with Gasteiger partial charge in [0.25, 0.3) is 0 Å². The van der Waals surface area contributed by atoms with Crippen LogP contribution in [0.3, 0.4) is 0 Å². The van der Waals surface area contributed by atoms with Crippen LogP contribution in [0.15, 0.2) is 24.3 Å². The first-order valence-corrected chi connectivity index (χ1v) is 7.29. The van der Waals surface area contributed by atoms with Crippen LogP contribution in [0.25, 0.3) is 0 Å². The van der Waals surface area contributed by atoms with Gasteiger partial charge in [0.1, 0.15) is 5.75 Å². The number of hydrogen-bond donors (Lipinski definition) is 1. The van der Waals surface area contributed by atoms with Gasteiger partial charge < -0.3 is 19.3 Å². The number of ether oxygens (including phenoxy) is 3. The van der Waals surface area contributed by atoms with Crippen LogP contribution in [0.1, 0.15) is 18.4 Å². The molecule has 4 atom stereocenters. The number of aliphatic hydroxyl groups is 1. The van der Waals surface area contributed by atoms with E-state index in [-0.39, 0.29) is 25.4 Å². The van der Waals surface area contributed by atoms with Crippen molar-refractivity contribution in [3.05, 3.63) is 29.8 Å². The maximum atomic E-state index is 9.62. The summed E-state index contributed by atoms with van der Waals surface area (Å²) in [4.78, 5) is 0. The Kier molecular flexibility index (Phi) is 4.24. The molecule has 1 aromatic rings. The quantitative estimate of drug-likeness (QED) is 0.809. The average Bonchev–Trinajstić information content (AvgIpc) is 3.07. The van der Waals surface area contributed by atoms with Gasteiger partial charge in [0.2, 0.25) is 0 Å². The molecule has 4 heteroatoms. The van der Waals surface area contributed by atoms with Crippen molar-refractivity contribution in [1.29, 1.82) is 0 Å². The Labute approximate surface area is 119 Å². The summed E-state index contributed by atoms with van der Waals surface area (Å²) in [7, 11) is 1.62. The third-order valence-electron chi connectivity index (χ3n) is 4.56. The first kappa shape index (κ1) is 13.9. The zero-order valence-electron chi connectivity index (χ0n) is 11.8. The lowest BCUT2D eigenvalue weighted by Gasteiger charge is -2.27. The van der Waals surface area contributed by atoms with E-state index in [1.807, 2.05) is 18.2 Å². The van der Waals surface area contributed by atoms with Crippen LogP contribution in [0.2, 0.25) is 0 Å². The van der Waals surface area contributed by atoms with Crippen molar-refractivity contribution < 1.29 is 19.3 Å². The first-order valence-electron chi connectivity index (χ1n) is 7.29. The molecule has 0 spiro atoms. The zero-order chi connectivity index (χ0) is 13.9. The van der Waals surface area contributed by atoms with Crippen molar-refractivity contribution in [2.75, 3.05) is 20.5 Å². The molecule has 2 saturated heterocycles. The van der Waals surface area contributed by atoms with Crippen LogP contribution in [0.5, 0.6) is 5.75 Å². The summed E-state index contributed by atoms with van der Waals surface area (Å²) in [6.07, 6.45) is 3.66. The fraction of sp³-hybridized carbons (Fsp3) is 0.625. The molecule has 2 aliphatic rings. The summed E-state index contributed by atoms with van der Waals surface area (Å²) in [6, 6.07) is 8.05. The average molecular weight is 278 g/mol. The molecule has 2 bridgehead atoms. The van der Waals surface area contributed by atoms with Gasteiger partial charge in [-0.15, -0.1) is 0 Å². The van der Waals surface area contributed by atoms with Gasteiger partial charge in [0.05, 0.1) is 12.2 Å². The van der Waals surface area contributed by atoms with Crippen LogP contribution in [0.4, 0.5) is 0 Å². The Hall–Kier alpha value is -1.10. The van der Waals surface area contributed by atoms with Crippen LogP contribution >= 0.6 is 0 Å². The molecule has 2 heterocycles. The topological polar surface area (TPSA) is 47.9 Å². The molecule has 2 fully saturated rings.